The molecule has 0 amide bonds. The molecule has 2 heterocycles. The van der Waals surface area contributed by atoms with E-state index in [9.17, 15) is 25.9 Å². The van der Waals surface area contributed by atoms with Crippen molar-refractivity contribution in [2.75, 3.05) is 29.5 Å². The zero-order chi connectivity index (χ0) is 35.6. The molecule has 0 saturated carbocycles. The van der Waals surface area contributed by atoms with Gasteiger partial charge in [-0.1, -0.05) is 74.0 Å². The van der Waals surface area contributed by atoms with Crippen molar-refractivity contribution in [1.29, 1.82) is 0 Å². The van der Waals surface area contributed by atoms with Crippen LogP contribution in [0.5, 0.6) is 0 Å². The molecule has 3 aromatic rings. The summed E-state index contributed by atoms with van der Waals surface area (Å²) in [6.45, 7) is 9.97. The Morgan fingerprint density at radius 3 is 2.02 bits per heavy atom. The SMILES string of the molecule is CC1(C)C(/C=C/c2cc(Cl)cc(/C=C/C3N(CCCCS(=O)(=O)[O-])c4ccccc4C3(C)C)c2)=[N+](CCCCS(=O)(=O)[O-])c2ccccc21.[Na+]. The Balaban J connectivity index is 0.00000562. The van der Waals surface area contributed by atoms with Crippen molar-refractivity contribution in [3.05, 3.63) is 106 Å². The van der Waals surface area contributed by atoms with Gasteiger partial charge in [0.2, 0.25) is 5.69 Å². The Labute approximate surface area is 324 Å². The molecule has 2 aliphatic heterocycles. The monoisotopic (exact) mass is 746 g/mol. The summed E-state index contributed by atoms with van der Waals surface area (Å²) in [7, 11) is -8.51. The third kappa shape index (κ3) is 9.58. The molecular formula is C38H44ClN2NaO6S2. The van der Waals surface area contributed by atoms with Crippen LogP contribution in [-0.4, -0.2) is 66.9 Å². The number of hydrogen-bond donors (Lipinski definition) is 0. The molecular weight excluding hydrogens is 703 g/mol. The second kappa shape index (κ2) is 16.2. The van der Waals surface area contributed by atoms with E-state index < -0.39 is 20.2 Å². The van der Waals surface area contributed by atoms with Crippen molar-refractivity contribution in [1.82, 2.24) is 0 Å². The fourth-order valence-electron chi connectivity index (χ4n) is 7.27. The zero-order valence-corrected chi connectivity index (χ0v) is 33.8. The van der Waals surface area contributed by atoms with Crippen LogP contribution in [0, 0.1) is 0 Å². The van der Waals surface area contributed by atoms with Gasteiger partial charge in [0.15, 0.2) is 5.71 Å². The van der Waals surface area contributed by atoms with Gasteiger partial charge in [0.25, 0.3) is 0 Å². The van der Waals surface area contributed by atoms with Crippen molar-refractivity contribution in [2.24, 2.45) is 0 Å². The molecule has 2 aliphatic rings. The van der Waals surface area contributed by atoms with E-state index in [0.29, 0.717) is 43.8 Å². The average Bonchev–Trinajstić information content (AvgIpc) is 3.36. The minimum absolute atomic E-state index is 0. The van der Waals surface area contributed by atoms with E-state index in [4.69, 9.17) is 11.6 Å². The van der Waals surface area contributed by atoms with Crippen molar-refractivity contribution >= 4 is 61.1 Å². The number of benzene rings is 3. The predicted octanol–water partition coefficient (Wildman–Crippen LogP) is 4.26. The largest absolute Gasteiger partial charge is 1.00 e. The number of unbranched alkanes of at least 4 members (excludes halogenated alkanes) is 2. The Morgan fingerprint density at radius 1 is 0.780 bits per heavy atom. The van der Waals surface area contributed by atoms with E-state index >= 15 is 0 Å². The maximum atomic E-state index is 11.2. The van der Waals surface area contributed by atoms with E-state index in [0.717, 1.165) is 28.2 Å². The molecule has 1 unspecified atom stereocenters. The van der Waals surface area contributed by atoms with Gasteiger partial charge in [0.1, 0.15) is 6.54 Å². The maximum absolute atomic E-state index is 11.2. The molecule has 0 aliphatic carbocycles. The number of fused-ring (bicyclic) bond motifs is 2. The van der Waals surface area contributed by atoms with Gasteiger partial charge in [0, 0.05) is 58.3 Å². The Morgan fingerprint density at radius 2 is 1.36 bits per heavy atom. The fourth-order valence-corrected chi connectivity index (χ4v) is 8.64. The first-order valence-electron chi connectivity index (χ1n) is 16.6. The third-order valence-corrected chi connectivity index (χ3v) is 11.5. The van der Waals surface area contributed by atoms with Gasteiger partial charge in [-0.3, -0.25) is 0 Å². The molecule has 0 N–H and O–H groups in total. The first kappa shape index (κ1) is 40.5. The number of nitrogens with zero attached hydrogens (tertiary/aromatic N) is 2. The number of anilines is 1. The summed E-state index contributed by atoms with van der Waals surface area (Å²) in [5.74, 6) is -0.735. The van der Waals surface area contributed by atoms with Crippen LogP contribution in [0.2, 0.25) is 5.02 Å². The van der Waals surface area contributed by atoms with E-state index in [1.165, 1.54) is 11.1 Å². The number of halogens is 1. The number of hydrogen-bond acceptors (Lipinski definition) is 7. The molecule has 1 atom stereocenters. The zero-order valence-electron chi connectivity index (χ0n) is 29.4. The summed E-state index contributed by atoms with van der Waals surface area (Å²) in [6, 6.07) is 22.4. The van der Waals surface area contributed by atoms with Crippen LogP contribution in [0.1, 0.15) is 75.6 Å². The maximum Gasteiger partial charge on any atom is 1.00 e. The van der Waals surface area contributed by atoms with Crippen molar-refractivity contribution in [3.8, 4) is 0 Å². The molecule has 0 radical (unpaired) electrons. The summed E-state index contributed by atoms with van der Waals surface area (Å²) in [5.41, 5.74) is 6.99. The Bertz CT molecular complexity index is 2020. The van der Waals surface area contributed by atoms with E-state index in [1.807, 2.05) is 42.5 Å². The Kier molecular flexibility index (Phi) is 13.1. The minimum atomic E-state index is -4.26. The van der Waals surface area contributed by atoms with E-state index in [2.05, 4.69) is 85.7 Å². The quantitative estimate of drug-likeness (QED) is 0.105. The molecule has 0 spiro atoms. The van der Waals surface area contributed by atoms with Crippen molar-refractivity contribution < 1.29 is 60.1 Å². The summed E-state index contributed by atoms with van der Waals surface area (Å²) in [5, 5.41) is 0.598. The first-order valence-corrected chi connectivity index (χ1v) is 20.2. The van der Waals surface area contributed by atoms with Crippen LogP contribution in [0.3, 0.4) is 0 Å². The average molecular weight is 747 g/mol. The van der Waals surface area contributed by atoms with E-state index in [-0.39, 0.29) is 57.9 Å². The molecule has 0 saturated heterocycles. The molecule has 0 fully saturated rings. The second-order valence-electron chi connectivity index (χ2n) is 14.0. The number of rotatable bonds is 14. The van der Waals surface area contributed by atoms with Gasteiger partial charge in [-0.05, 0) is 80.1 Å². The summed E-state index contributed by atoms with van der Waals surface area (Å²) in [6.07, 6.45) is 10.2. The smallest absolute Gasteiger partial charge is 0.748 e. The van der Waals surface area contributed by atoms with Gasteiger partial charge < -0.3 is 14.0 Å². The van der Waals surface area contributed by atoms with Crippen LogP contribution >= 0.6 is 11.6 Å². The van der Waals surface area contributed by atoms with Crippen LogP contribution in [0.15, 0.2) is 78.9 Å². The van der Waals surface area contributed by atoms with Gasteiger partial charge in [-0.15, -0.1) is 0 Å². The second-order valence-corrected chi connectivity index (χ2v) is 17.5. The standard InChI is InChI=1S/C38H45ClN2O6S2.Na/c1-37(2)31-13-5-7-15-33(31)40(21-9-11-23-48(42,43)44)35(37)19-17-28-25-29(27-30(39)26-28)18-20-36-38(3,4)32-14-6-8-16-34(32)41(36)22-10-12-24-49(45,46)47;/h5-8,13-20,25-27,35H,9-12,21-24H2,1-4H3,(H-,42,43,44,45,46,47);/q;+1/p-1/b19-17+,20-18+;. The Hall–Kier alpha value is -2.28. The normalized spacial score (nSPS) is 18.1. The molecule has 50 heavy (non-hydrogen) atoms. The van der Waals surface area contributed by atoms with Gasteiger partial charge in [-0.2, -0.15) is 4.58 Å². The van der Waals surface area contributed by atoms with E-state index in [1.54, 1.807) is 0 Å². The van der Waals surface area contributed by atoms with Crippen molar-refractivity contribution in [2.45, 2.75) is 70.3 Å². The first-order chi connectivity index (χ1) is 23.0. The van der Waals surface area contributed by atoms with Crippen LogP contribution < -0.4 is 34.5 Å². The molecule has 0 bridgehead atoms. The molecule has 262 valence electrons. The third-order valence-electron chi connectivity index (χ3n) is 9.70. The van der Waals surface area contributed by atoms with Crippen molar-refractivity contribution in [3.63, 3.8) is 0 Å². The number of allylic oxidation sites excluding steroid dienone is 1. The fraction of sp³-hybridized carbons (Fsp3) is 0.395. The topological polar surface area (TPSA) is 121 Å². The van der Waals surface area contributed by atoms with Gasteiger partial charge in [0.05, 0.1) is 31.7 Å². The van der Waals surface area contributed by atoms with Crippen LogP contribution in [0.25, 0.3) is 12.2 Å². The summed E-state index contributed by atoms with van der Waals surface area (Å²) < 4.78 is 69.3. The molecule has 5 rings (SSSR count). The number of para-hydroxylation sites is 2. The minimum Gasteiger partial charge on any atom is -0.748 e. The van der Waals surface area contributed by atoms with Crippen LogP contribution in [-0.2, 0) is 31.1 Å². The van der Waals surface area contributed by atoms with Crippen LogP contribution in [0.4, 0.5) is 11.4 Å². The predicted molar refractivity (Wildman–Crippen MR) is 197 cm³/mol. The summed E-state index contributed by atoms with van der Waals surface area (Å²) in [4.78, 5) is 2.30. The van der Waals surface area contributed by atoms with Gasteiger partial charge >= 0.3 is 29.6 Å². The molecule has 3 aromatic carbocycles. The molecule has 12 heteroatoms. The molecule has 0 aromatic heterocycles. The van der Waals surface area contributed by atoms with Gasteiger partial charge in [-0.25, -0.2) is 16.8 Å². The molecule has 8 nitrogen and oxygen atoms in total. The summed E-state index contributed by atoms with van der Waals surface area (Å²) >= 11 is 6.65.